The lowest BCUT2D eigenvalue weighted by Crippen LogP contribution is -2.25. The molecule has 2 nitrogen and oxygen atoms in total. The summed E-state index contributed by atoms with van der Waals surface area (Å²) in [6.45, 7) is 4.49. The molecule has 0 saturated carbocycles. The van der Waals surface area contributed by atoms with Gasteiger partial charge in [-0.05, 0) is 43.0 Å². The standard InChI is InChI=1S/C14H22F2N2/c1-2-11(5-7-18-8-6-17)9-12-3-4-13(15)14(16)10-12/h3-4,10-11,18H,2,5-9,17H2,1H3. The van der Waals surface area contributed by atoms with E-state index in [0.29, 0.717) is 12.5 Å². The molecule has 0 spiro atoms. The van der Waals surface area contributed by atoms with Crippen LogP contribution in [0.25, 0.3) is 0 Å². The molecule has 4 heteroatoms. The highest BCUT2D eigenvalue weighted by Crippen LogP contribution is 2.17. The first-order chi connectivity index (χ1) is 8.67. The zero-order valence-electron chi connectivity index (χ0n) is 10.9. The molecule has 18 heavy (non-hydrogen) atoms. The molecule has 0 bridgehead atoms. The number of hydrogen-bond donors (Lipinski definition) is 2. The lowest BCUT2D eigenvalue weighted by molar-refractivity contribution is 0.447. The Bertz CT molecular complexity index is 356. The molecule has 0 heterocycles. The minimum Gasteiger partial charge on any atom is -0.329 e. The van der Waals surface area contributed by atoms with Gasteiger partial charge in [0.25, 0.3) is 0 Å². The summed E-state index contributed by atoms with van der Waals surface area (Å²) in [5.41, 5.74) is 6.25. The van der Waals surface area contributed by atoms with Crippen molar-refractivity contribution in [3.05, 3.63) is 35.4 Å². The molecule has 0 aliphatic rings. The van der Waals surface area contributed by atoms with Crippen LogP contribution in [0.15, 0.2) is 18.2 Å². The van der Waals surface area contributed by atoms with Crippen LogP contribution in [-0.2, 0) is 6.42 Å². The van der Waals surface area contributed by atoms with Crippen LogP contribution in [0, 0.1) is 17.6 Å². The van der Waals surface area contributed by atoms with Crippen molar-refractivity contribution in [2.75, 3.05) is 19.6 Å². The number of nitrogens with one attached hydrogen (secondary N) is 1. The number of rotatable bonds is 8. The molecule has 1 aromatic carbocycles. The van der Waals surface area contributed by atoms with E-state index < -0.39 is 11.6 Å². The molecule has 0 aliphatic heterocycles. The summed E-state index contributed by atoms with van der Waals surface area (Å²) < 4.78 is 25.9. The summed E-state index contributed by atoms with van der Waals surface area (Å²) in [5.74, 6) is -1.06. The molecule has 1 rings (SSSR count). The van der Waals surface area contributed by atoms with Crippen molar-refractivity contribution in [2.24, 2.45) is 11.7 Å². The van der Waals surface area contributed by atoms with Crippen molar-refractivity contribution in [3.63, 3.8) is 0 Å². The van der Waals surface area contributed by atoms with Crippen LogP contribution in [-0.4, -0.2) is 19.6 Å². The van der Waals surface area contributed by atoms with Gasteiger partial charge in [0.15, 0.2) is 11.6 Å². The van der Waals surface area contributed by atoms with Gasteiger partial charge in [0.1, 0.15) is 0 Å². The Morgan fingerprint density at radius 2 is 2.00 bits per heavy atom. The third-order valence-corrected chi connectivity index (χ3v) is 3.14. The maximum Gasteiger partial charge on any atom is 0.159 e. The zero-order chi connectivity index (χ0) is 13.4. The van der Waals surface area contributed by atoms with Gasteiger partial charge in [-0.3, -0.25) is 0 Å². The van der Waals surface area contributed by atoms with Crippen LogP contribution >= 0.6 is 0 Å². The van der Waals surface area contributed by atoms with Gasteiger partial charge < -0.3 is 11.1 Å². The Morgan fingerprint density at radius 3 is 2.61 bits per heavy atom. The fraction of sp³-hybridized carbons (Fsp3) is 0.571. The van der Waals surface area contributed by atoms with Crippen molar-refractivity contribution in [1.29, 1.82) is 0 Å². The fourth-order valence-corrected chi connectivity index (χ4v) is 1.98. The molecule has 0 fully saturated rings. The molecule has 0 aliphatic carbocycles. The van der Waals surface area contributed by atoms with Crippen LogP contribution in [0.3, 0.4) is 0 Å². The first kappa shape index (κ1) is 15.1. The lowest BCUT2D eigenvalue weighted by atomic mass is 9.94. The second-order valence-electron chi connectivity index (χ2n) is 4.55. The molecule has 0 radical (unpaired) electrons. The smallest absolute Gasteiger partial charge is 0.159 e. The molecule has 1 aromatic rings. The van der Waals surface area contributed by atoms with Gasteiger partial charge in [-0.1, -0.05) is 19.4 Å². The van der Waals surface area contributed by atoms with E-state index in [1.807, 2.05) is 0 Å². The Kier molecular flexibility index (Phi) is 6.83. The summed E-state index contributed by atoms with van der Waals surface area (Å²) in [6, 6.07) is 4.16. The Morgan fingerprint density at radius 1 is 1.22 bits per heavy atom. The van der Waals surface area contributed by atoms with E-state index in [9.17, 15) is 8.78 Å². The molecule has 1 unspecified atom stereocenters. The molecular formula is C14H22F2N2. The van der Waals surface area contributed by atoms with Crippen molar-refractivity contribution >= 4 is 0 Å². The van der Waals surface area contributed by atoms with Crippen molar-refractivity contribution in [1.82, 2.24) is 5.32 Å². The maximum atomic E-state index is 13.1. The topological polar surface area (TPSA) is 38.0 Å². The third kappa shape index (κ3) is 5.10. The highest BCUT2D eigenvalue weighted by molar-refractivity contribution is 5.18. The second kappa shape index (κ2) is 8.16. The van der Waals surface area contributed by atoms with Crippen molar-refractivity contribution in [3.8, 4) is 0 Å². The molecule has 0 saturated heterocycles. The van der Waals surface area contributed by atoms with Crippen LogP contribution in [0.5, 0.6) is 0 Å². The number of benzene rings is 1. The van der Waals surface area contributed by atoms with Crippen molar-refractivity contribution < 1.29 is 8.78 Å². The highest BCUT2D eigenvalue weighted by Gasteiger charge is 2.09. The van der Waals surface area contributed by atoms with Gasteiger partial charge in [0.05, 0.1) is 0 Å². The largest absolute Gasteiger partial charge is 0.329 e. The second-order valence-corrected chi connectivity index (χ2v) is 4.55. The maximum absolute atomic E-state index is 13.1. The number of halogens is 2. The lowest BCUT2D eigenvalue weighted by Gasteiger charge is -2.15. The van der Waals surface area contributed by atoms with E-state index in [4.69, 9.17) is 5.73 Å². The highest BCUT2D eigenvalue weighted by atomic mass is 19.2. The Balaban J connectivity index is 2.44. The average molecular weight is 256 g/mol. The normalized spacial score (nSPS) is 12.7. The summed E-state index contributed by atoms with van der Waals surface area (Å²) in [7, 11) is 0. The molecule has 3 N–H and O–H groups in total. The Labute approximate surface area is 108 Å². The van der Waals surface area contributed by atoms with Gasteiger partial charge >= 0.3 is 0 Å². The first-order valence-electron chi connectivity index (χ1n) is 6.52. The SMILES string of the molecule is CCC(CCNCCN)Cc1ccc(F)c(F)c1. The van der Waals surface area contributed by atoms with Gasteiger partial charge in [0, 0.05) is 13.1 Å². The van der Waals surface area contributed by atoms with Crippen LogP contribution in [0.2, 0.25) is 0 Å². The minimum absolute atomic E-state index is 0.486. The monoisotopic (exact) mass is 256 g/mol. The molecule has 0 aromatic heterocycles. The molecule has 102 valence electrons. The van der Waals surface area contributed by atoms with E-state index in [1.165, 1.54) is 12.1 Å². The van der Waals surface area contributed by atoms with Crippen LogP contribution in [0.1, 0.15) is 25.3 Å². The number of hydrogen-bond acceptors (Lipinski definition) is 2. The number of nitrogens with two attached hydrogens (primary N) is 1. The molecule has 1 atom stereocenters. The minimum atomic E-state index is -0.781. The summed E-state index contributed by atoms with van der Waals surface area (Å²) in [5, 5.41) is 3.25. The average Bonchev–Trinajstić information content (AvgIpc) is 2.37. The van der Waals surface area contributed by atoms with Crippen LogP contribution < -0.4 is 11.1 Å². The van der Waals surface area contributed by atoms with Gasteiger partial charge in [0.2, 0.25) is 0 Å². The van der Waals surface area contributed by atoms with E-state index in [2.05, 4.69) is 12.2 Å². The van der Waals surface area contributed by atoms with E-state index in [0.717, 1.165) is 37.9 Å². The summed E-state index contributed by atoms with van der Waals surface area (Å²) >= 11 is 0. The van der Waals surface area contributed by atoms with E-state index >= 15 is 0 Å². The van der Waals surface area contributed by atoms with Gasteiger partial charge in [-0.25, -0.2) is 8.78 Å². The fourth-order valence-electron chi connectivity index (χ4n) is 1.98. The predicted octanol–water partition coefficient (Wildman–Crippen LogP) is 2.47. The predicted molar refractivity (Wildman–Crippen MR) is 70.4 cm³/mol. The van der Waals surface area contributed by atoms with E-state index in [-0.39, 0.29) is 0 Å². The van der Waals surface area contributed by atoms with Crippen molar-refractivity contribution in [2.45, 2.75) is 26.2 Å². The molecular weight excluding hydrogens is 234 g/mol. The Hall–Kier alpha value is -1.00. The first-order valence-corrected chi connectivity index (χ1v) is 6.52. The molecule has 0 amide bonds. The third-order valence-electron chi connectivity index (χ3n) is 3.14. The van der Waals surface area contributed by atoms with Gasteiger partial charge in [-0.15, -0.1) is 0 Å². The quantitative estimate of drug-likeness (QED) is 0.701. The zero-order valence-corrected chi connectivity index (χ0v) is 10.9. The van der Waals surface area contributed by atoms with Crippen LogP contribution in [0.4, 0.5) is 8.78 Å². The summed E-state index contributed by atoms with van der Waals surface area (Å²) in [6.07, 6.45) is 2.84. The van der Waals surface area contributed by atoms with E-state index in [1.54, 1.807) is 6.07 Å². The summed E-state index contributed by atoms with van der Waals surface area (Å²) in [4.78, 5) is 0. The van der Waals surface area contributed by atoms with Gasteiger partial charge in [-0.2, -0.15) is 0 Å².